The van der Waals surface area contributed by atoms with Gasteiger partial charge >= 0.3 is 0 Å². The summed E-state index contributed by atoms with van der Waals surface area (Å²) < 4.78 is 5.94. The standard InChI is InChI=1S/C19H24N4O2S/c1-2-14-6-12-26-17(14)18(24)23-10-11-25-16(13-23)15-5-7-20-19(21-15)22-8-3-4-9-22/h5-7,12,16H,2-4,8-11,13H2,1H3/t16-/m1/s1. The molecule has 6 nitrogen and oxygen atoms in total. The van der Waals surface area contributed by atoms with E-state index in [0.29, 0.717) is 19.7 Å². The van der Waals surface area contributed by atoms with E-state index in [1.807, 2.05) is 22.4 Å². The predicted octanol–water partition coefficient (Wildman–Crippen LogP) is 2.91. The Labute approximate surface area is 157 Å². The number of amides is 1. The summed E-state index contributed by atoms with van der Waals surface area (Å²) in [6.07, 6.45) is 4.87. The summed E-state index contributed by atoms with van der Waals surface area (Å²) in [6, 6.07) is 3.95. The first-order valence-electron chi connectivity index (χ1n) is 9.31. The molecular formula is C19H24N4O2S. The van der Waals surface area contributed by atoms with Crippen molar-refractivity contribution in [3.8, 4) is 0 Å². The van der Waals surface area contributed by atoms with Crippen molar-refractivity contribution < 1.29 is 9.53 Å². The fraction of sp³-hybridized carbons (Fsp3) is 0.526. The molecule has 0 aliphatic carbocycles. The van der Waals surface area contributed by atoms with Crippen LogP contribution in [0, 0.1) is 0 Å². The smallest absolute Gasteiger partial charge is 0.264 e. The molecule has 2 aromatic heterocycles. The van der Waals surface area contributed by atoms with Crippen molar-refractivity contribution in [1.29, 1.82) is 0 Å². The van der Waals surface area contributed by atoms with E-state index in [-0.39, 0.29) is 12.0 Å². The Morgan fingerprint density at radius 2 is 2.15 bits per heavy atom. The third kappa shape index (κ3) is 3.46. The van der Waals surface area contributed by atoms with Crippen molar-refractivity contribution in [2.75, 3.05) is 37.7 Å². The molecule has 7 heteroatoms. The molecule has 1 amide bonds. The first kappa shape index (κ1) is 17.4. The lowest BCUT2D eigenvalue weighted by atomic mass is 10.1. The van der Waals surface area contributed by atoms with E-state index in [9.17, 15) is 4.79 Å². The Hall–Kier alpha value is -1.99. The van der Waals surface area contributed by atoms with Gasteiger partial charge in [-0.25, -0.2) is 9.97 Å². The third-order valence-electron chi connectivity index (χ3n) is 5.06. The van der Waals surface area contributed by atoms with E-state index in [0.717, 1.165) is 41.6 Å². The van der Waals surface area contributed by atoms with Crippen LogP contribution in [-0.2, 0) is 11.2 Å². The van der Waals surface area contributed by atoms with Crippen LogP contribution in [0.2, 0.25) is 0 Å². The second-order valence-corrected chi connectivity index (χ2v) is 7.63. The van der Waals surface area contributed by atoms with Crippen molar-refractivity contribution in [3.63, 3.8) is 0 Å². The second kappa shape index (κ2) is 7.72. The van der Waals surface area contributed by atoms with Gasteiger partial charge in [-0.1, -0.05) is 6.92 Å². The Morgan fingerprint density at radius 3 is 2.96 bits per heavy atom. The summed E-state index contributed by atoms with van der Waals surface area (Å²) in [5.74, 6) is 0.887. The van der Waals surface area contributed by atoms with E-state index in [1.165, 1.54) is 24.2 Å². The van der Waals surface area contributed by atoms with Crippen LogP contribution in [0.3, 0.4) is 0 Å². The van der Waals surface area contributed by atoms with Gasteiger partial charge < -0.3 is 14.5 Å². The Balaban J connectivity index is 1.50. The highest BCUT2D eigenvalue weighted by Gasteiger charge is 2.29. The highest BCUT2D eigenvalue weighted by molar-refractivity contribution is 7.12. The van der Waals surface area contributed by atoms with Gasteiger partial charge in [0.05, 0.1) is 23.7 Å². The molecule has 2 saturated heterocycles. The lowest BCUT2D eigenvalue weighted by Crippen LogP contribution is -2.42. The molecule has 0 N–H and O–H groups in total. The van der Waals surface area contributed by atoms with E-state index in [2.05, 4.69) is 16.8 Å². The van der Waals surface area contributed by atoms with Gasteiger partial charge in [-0.2, -0.15) is 0 Å². The van der Waals surface area contributed by atoms with Crippen molar-refractivity contribution in [2.24, 2.45) is 0 Å². The maximum Gasteiger partial charge on any atom is 0.264 e. The van der Waals surface area contributed by atoms with Crippen LogP contribution < -0.4 is 4.90 Å². The molecule has 0 unspecified atom stereocenters. The molecule has 2 fully saturated rings. The Morgan fingerprint density at radius 1 is 1.31 bits per heavy atom. The number of hydrogen-bond acceptors (Lipinski definition) is 6. The number of thiophene rings is 1. The van der Waals surface area contributed by atoms with Gasteiger partial charge in [-0.15, -0.1) is 11.3 Å². The van der Waals surface area contributed by atoms with Crippen LogP contribution in [0.25, 0.3) is 0 Å². The summed E-state index contributed by atoms with van der Waals surface area (Å²) >= 11 is 1.53. The molecule has 26 heavy (non-hydrogen) atoms. The Bertz CT molecular complexity index is 772. The minimum atomic E-state index is -0.193. The van der Waals surface area contributed by atoms with Gasteiger partial charge in [-0.3, -0.25) is 4.79 Å². The predicted molar refractivity (Wildman–Crippen MR) is 102 cm³/mol. The van der Waals surface area contributed by atoms with Gasteiger partial charge in [0.1, 0.15) is 6.10 Å². The maximum absolute atomic E-state index is 12.9. The number of rotatable bonds is 4. The monoisotopic (exact) mass is 372 g/mol. The molecule has 1 atom stereocenters. The highest BCUT2D eigenvalue weighted by Crippen LogP contribution is 2.26. The highest BCUT2D eigenvalue weighted by atomic mass is 32.1. The number of morpholine rings is 1. The molecule has 0 saturated carbocycles. The summed E-state index contributed by atoms with van der Waals surface area (Å²) in [5, 5.41) is 2.00. The normalized spacial score (nSPS) is 20.6. The summed E-state index contributed by atoms with van der Waals surface area (Å²) in [6.45, 7) is 5.81. The first-order valence-corrected chi connectivity index (χ1v) is 10.2. The number of nitrogens with zero attached hydrogens (tertiary/aromatic N) is 4. The van der Waals surface area contributed by atoms with E-state index >= 15 is 0 Å². The zero-order valence-electron chi connectivity index (χ0n) is 15.1. The molecule has 2 aromatic rings. The topological polar surface area (TPSA) is 58.6 Å². The molecular weight excluding hydrogens is 348 g/mol. The fourth-order valence-electron chi connectivity index (χ4n) is 3.57. The maximum atomic E-state index is 12.9. The lowest BCUT2D eigenvalue weighted by Gasteiger charge is -2.33. The van der Waals surface area contributed by atoms with Crippen LogP contribution >= 0.6 is 11.3 Å². The molecule has 0 bridgehead atoms. The summed E-state index contributed by atoms with van der Waals surface area (Å²) in [5.41, 5.74) is 1.99. The zero-order chi connectivity index (χ0) is 17.9. The van der Waals surface area contributed by atoms with Crippen molar-refractivity contribution in [3.05, 3.63) is 39.8 Å². The minimum absolute atomic E-state index is 0.110. The van der Waals surface area contributed by atoms with Gasteiger partial charge in [0, 0.05) is 25.8 Å². The van der Waals surface area contributed by atoms with Crippen molar-refractivity contribution >= 4 is 23.2 Å². The average molecular weight is 372 g/mol. The first-order chi connectivity index (χ1) is 12.8. The third-order valence-corrected chi connectivity index (χ3v) is 6.00. The van der Waals surface area contributed by atoms with Gasteiger partial charge in [0.2, 0.25) is 5.95 Å². The molecule has 2 aliphatic rings. The van der Waals surface area contributed by atoms with Gasteiger partial charge in [-0.05, 0) is 42.3 Å². The fourth-order valence-corrected chi connectivity index (χ4v) is 4.53. The largest absolute Gasteiger partial charge is 0.368 e. The van der Waals surface area contributed by atoms with E-state index in [1.54, 1.807) is 6.20 Å². The van der Waals surface area contributed by atoms with Crippen molar-refractivity contribution in [1.82, 2.24) is 14.9 Å². The number of aromatic nitrogens is 2. The molecule has 0 radical (unpaired) electrons. The van der Waals surface area contributed by atoms with Crippen LogP contribution in [0.5, 0.6) is 0 Å². The zero-order valence-corrected chi connectivity index (χ0v) is 15.9. The molecule has 4 heterocycles. The number of carbonyl (C=O) groups excluding carboxylic acids is 1. The molecule has 4 rings (SSSR count). The van der Waals surface area contributed by atoms with E-state index in [4.69, 9.17) is 9.72 Å². The second-order valence-electron chi connectivity index (χ2n) is 6.71. The number of ether oxygens (including phenoxy) is 1. The molecule has 0 aromatic carbocycles. The number of carbonyl (C=O) groups is 1. The van der Waals surface area contributed by atoms with Crippen molar-refractivity contribution in [2.45, 2.75) is 32.3 Å². The van der Waals surface area contributed by atoms with Crippen LogP contribution in [0.15, 0.2) is 23.7 Å². The molecule has 138 valence electrons. The van der Waals surface area contributed by atoms with Crippen LogP contribution in [0.4, 0.5) is 5.95 Å². The number of anilines is 1. The molecule has 0 spiro atoms. The van der Waals surface area contributed by atoms with Crippen LogP contribution in [0.1, 0.15) is 46.8 Å². The van der Waals surface area contributed by atoms with Gasteiger partial charge in [0.25, 0.3) is 5.91 Å². The van der Waals surface area contributed by atoms with Gasteiger partial charge in [0.15, 0.2) is 0 Å². The quantitative estimate of drug-likeness (QED) is 0.826. The summed E-state index contributed by atoms with van der Waals surface area (Å²) in [7, 11) is 0. The average Bonchev–Trinajstić information content (AvgIpc) is 3.39. The Kier molecular flexibility index (Phi) is 5.17. The summed E-state index contributed by atoms with van der Waals surface area (Å²) in [4.78, 5) is 27.0. The minimum Gasteiger partial charge on any atom is -0.368 e. The lowest BCUT2D eigenvalue weighted by molar-refractivity contribution is -0.0246. The number of aryl methyl sites for hydroxylation is 1. The molecule has 2 aliphatic heterocycles. The van der Waals surface area contributed by atoms with E-state index < -0.39 is 0 Å². The van der Waals surface area contributed by atoms with Crippen LogP contribution in [-0.4, -0.2) is 53.6 Å². The SMILES string of the molecule is CCc1ccsc1C(=O)N1CCO[C@@H](c2ccnc(N3CCCC3)n2)C1. The number of hydrogen-bond donors (Lipinski definition) is 0.